The van der Waals surface area contributed by atoms with E-state index in [2.05, 4.69) is 27.9 Å². The van der Waals surface area contributed by atoms with Crippen LogP contribution in [0.4, 0.5) is 9.18 Å². The fourth-order valence-corrected chi connectivity index (χ4v) is 2.38. The summed E-state index contributed by atoms with van der Waals surface area (Å²) in [5.41, 5.74) is -0.0442. The number of hydrogen-bond donors (Lipinski definition) is 2. The number of alkyl halides is 1. The maximum atomic E-state index is 12.2. The highest BCUT2D eigenvalue weighted by atomic mass is 127. The maximum absolute atomic E-state index is 12.2. The lowest BCUT2D eigenvalue weighted by atomic mass is 10.1. The van der Waals surface area contributed by atoms with Gasteiger partial charge in [-0.15, -0.1) is 0 Å². The number of hydrogen-bond acceptors (Lipinski definition) is 4. The standard InChI is InChI=1S/C16H21FINO5/c1-16(2,3)24-15(22)19-13(14(20)21)9-10-8-11(23-7-6-17)4-5-12(10)18/h4-5,8,13H,6-7,9H2,1-3H3,(H,19,22)(H,20,21)/t13-/m0/s1. The first-order valence-corrected chi connectivity index (χ1v) is 8.40. The fraction of sp³-hybridized carbons (Fsp3) is 0.500. The fourth-order valence-electron chi connectivity index (χ4n) is 1.82. The first-order chi connectivity index (χ1) is 11.1. The van der Waals surface area contributed by atoms with Gasteiger partial charge in [0.05, 0.1) is 0 Å². The Morgan fingerprint density at radius 3 is 2.58 bits per heavy atom. The highest BCUT2D eigenvalue weighted by molar-refractivity contribution is 14.1. The van der Waals surface area contributed by atoms with Crippen molar-refractivity contribution in [2.45, 2.75) is 38.8 Å². The number of aliphatic carboxylic acids is 1. The molecule has 6 nitrogen and oxygen atoms in total. The number of nitrogens with one attached hydrogen (secondary N) is 1. The van der Waals surface area contributed by atoms with E-state index in [4.69, 9.17) is 9.47 Å². The van der Waals surface area contributed by atoms with Crippen LogP contribution in [0.5, 0.6) is 5.75 Å². The number of rotatable bonds is 7. The predicted octanol–water partition coefficient (Wildman–Crippen LogP) is 3.16. The van der Waals surface area contributed by atoms with Crippen LogP contribution >= 0.6 is 22.6 Å². The summed E-state index contributed by atoms with van der Waals surface area (Å²) in [5, 5.41) is 11.7. The number of ether oxygens (including phenoxy) is 2. The zero-order valence-corrected chi connectivity index (χ0v) is 15.9. The Labute approximate surface area is 153 Å². The van der Waals surface area contributed by atoms with E-state index < -0.39 is 30.4 Å². The van der Waals surface area contributed by atoms with E-state index in [0.717, 1.165) is 3.57 Å². The van der Waals surface area contributed by atoms with E-state index in [1.807, 2.05) is 0 Å². The summed E-state index contributed by atoms with van der Waals surface area (Å²) in [4.78, 5) is 23.2. The lowest BCUT2D eigenvalue weighted by Crippen LogP contribution is -2.44. The highest BCUT2D eigenvalue weighted by Crippen LogP contribution is 2.21. The molecule has 0 aliphatic rings. The Hall–Kier alpha value is -1.58. The van der Waals surface area contributed by atoms with Crippen LogP contribution in [-0.2, 0) is 16.0 Å². The van der Waals surface area contributed by atoms with Gasteiger partial charge in [0.25, 0.3) is 0 Å². The van der Waals surface area contributed by atoms with Crippen LogP contribution in [-0.4, -0.2) is 42.1 Å². The quantitative estimate of drug-likeness (QED) is 0.620. The smallest absolute Gasteiger partial charge is 0.408 e. The minimum atomic E-state index is -1.17. The van der Waals surface area contributed by atoms with Crippen LogP contribution in [0.1, 0.15) is 26.3 Å². The van der Waals surface area contributed by atoms with Gasteiger partial charge in [-0.2, -0.15) is 0 Å². The van der Waals surface area contributed by atoms with E-state index in [9.17, 15) is 19.1 Å². The van der Waals surface area contributed by atoms with Gasteiger partial charge in [-0.05, 0) is 67.1 Å². The van der Waals surface area contributed by atoms with Crippen LogP contribution < -0.4 is 10.1 Å². The molecule has 0 saturated heterocycles. The Morgan fingerprint density at radius 2 is 2.04 bits per heavy atom. The number of halogens is 2. The van der Waals surface area contributed by atoms with Crippen molar-refractivity contribution >= 4 is 34.7 Å². The molecule has 0 heterocycles. The number of amides is 1. The zero-order chi connectivity index (χ0) is 18.3. The monoisotopic (exact) mass is 453 g/mol. The third-order valence-corrected chi connectivity index (χ3v) is 3.83. The van der Waals surface area contributed by atoms with Crippen LogP contribution in [0.25, 0.3) is 0 Å². The van der Waals surface area contributed by atoms with Gasteiger partial charge < -0.3 is 19.9 Å². The normalized spacial score (nSPS) is 12.4. The zero-order valence-electron chi connectivity index (χ0n) is 13.8. The summed E-state index contributed by atoms with van der Waals surface area (Å²) in [6.07, 6.45) is -0.741. The molecule has 0 aliphatic carbocycles. The molecular weight excluding hydrogens is 432 g/mol. The van der Waals surface area contributed by atoms with Crippen LogP contribution in [0.3, 0.4) is 0 Å². The van der Waals surface area contributed by atoms with E-state index in [0.29, 0.717) is 11.3 Å². The molecule has 0 saturated carbocycles. The Bertz CT molecular complexity index is 588. The van der Waals surface area contributed by atoms with Crippen molar-refractivity contribution in [2.24, 2.45) is 0 Å². The van der Waals surface area contributed by atoms with Crippen molar-refractivity contribution in [3.05, 3.63) is 27.3 Å². The Kier molecular flexibility index (Phi) is 7.71. The number of benzene rings is 1. The third-order valence-electron chi connectivity index (χ3n) is 2.78. The van der Waals surface area contributed by atoms with E-state index in [1.165, 1.54) is 0 Å². The van der Waals surface area contributed by atoms with Crippen LogP contribution in [0.15, 0.2) is 18.2 Å². The molecule has 0 aromatic heterocycles. The summed E-state index contributed by atoms with van der Waals surface area (Å²) in [6.45, 7) is 4.39. The Balaban J connectivity index is 2.84. The first-order valence-electron chi connectivity index (χ1n) is 7.32. The van der Waals surface area contributed by atoms with Crippen molar-refractivity contribution in [1.29, 1.82) is 0 Å². The molecule has 1 atom stereocenters. The number of carboxylic acids is 1. The van der Waals surface area contributed by atoms with E-state index in [1.54, 1.807) is 39.0 Å². The molecule has 1 rings (SSSR count). The van der Waals surface area contributed by atoms with Gasteiger partial charge in [-0.3, -0.25) is 0 Å². The van der Waals surface area contributed by atoms with Crippen molar-refractivity contribution in [3.8, 4) is 5.75 Å². The van der Waals surface area contributed by atoms with Crippen LogP contribution in [0.2, 0.25) is 0 Å². The van der Waals surface area contributed by atoms with Crippen molar-refractivity contribution in [1.82, 2.24) is 5.32 Å². The molecule has 24 heavy (non-hydrogen) atoms. The van der Waals surface area contributed by atoms with Crippen LogP contribution in [0, 0.1) is 3.57 Å². The largest absolute Gasteiger partial charge is 0.491 e. The third kappa shape index (κ3) is 7.33. The first kappa shape index (κ1) is 20.5. The SMILES string of the molecule is CC(C)(C)OC(=O)N[C@@H](Cc1cc(OCCF)ccc1I)C(=O)O. The lowest BCUT2D eigenvalue weighted by molar-refractivity contribution is -0.139. The van der Waals surface area contributed by atoms with Gasteiger partial charge in [0, 0.05) is 9.99 Å². The Morgan fingerprint density at radius 1 is 1.38 bits per heavy atom. The van der Waals surface area contributed by atoms with Gasteiger partial charge in [0.2, 0.25) is 0 Å². The van der Waals surface area contributed by atoms with Gasteiger partial charge in [0.15, 0.2) is 0 Å². The second-order valence-corrected chi connectivity index (χ2v) is 7.19. The molecule has 0 bridgehead atoms. The molecule has 2 N–H and O–H groups in total. The van der Waals surface area contributed by atoms with Crippen molar-refractivity contribution in [2.75, 3.05) is 13.3 Å². The number of carboxylic acid groups (broad SMARTS) is 1. The molecule has 0 spiro atoms. The molecule has 1 aromatic carbocycles. The summed E-state index contributed by atoms with van der Waals surface area (Å²) >= 11 is 2.06. The molecule has 0 fully saturated rings. The molecule has 8 heteroatoms. The van der Waals surface area contributed by atoms with E-state index >= 15 is 0 Å². The summed E-state index contributed by atoms with van der Waals surface area (Å²) in [5.74, 6) is -0.726. The van der Waals surface area contributed by atoms with Gasteiger partial charge in [-0.25, -0.2) is 14.0 Å². The van der Waals surface area contributed by atoms with Gasteiger partial charge in [0.1, 0.15) is 30.7 Å². The number of carbonyl (C=O) groups excluding carboxylic acids is 1. The molecule has 134 valence electrons. The summed E-state index contributed by atoms with van der Waals surface area (Å²) < 4.78 is 23.3. The van der Waals surface area contributed by atoms with E-state index in [-0.39, 0.29) is 13.0 Å². The number of carbonyl (C=O) groups is 2. The number of alkyl carbamates (subject to hydrolysis) is 1. The topological polar surface area (TPSA) is 84.9 Å². The average Bonchev–Trinajstić information content (AvgIpc) is 2.45. The molecule has 0 radical (unpaired) electrons. The second-order valence-electron chi connectivity index (χ2n) is 6.03. The molecule has 1 amide bonds. The summed E-state index contributed by atoms with van der Waals surface area (Å²) in [6, 6.07) is 3.92. The molecule has 0 unspecified atom stereocenters. The minimum Gasteiger partial charge on any atom is -0.491 e. The molecule has 0 aliphatic heterocycles. The van der Waals surface area contributed by atoms with Gasteiger partial charge in [-0.1, -0.05) is 0 Å². The lowest BCUT2D eigenvalue weighted by Gasteiger charge is -2.22. The second kappa shape index (κ2) is 9.05. The summed E-state index contributed by atoms with van der Waals surface area (Å²) in [7, 11) is 0. The van der Waals surface area contributed by atoms with Crippen molar-refractivity contribution < 1.29 is 28.6 Å². The predicted molar refractivity (Wildman–Crippen MR) is 95.1 cm³/mol. The minimum absolute atomic E-state index is 0.0552. The average molecular weight is 453 g/mol. The molecular formula is C16H21FINO5. The van der Waals surface area contributed by atoms with Gasteiger partial charge >= 0.3 is 12.1 Å². The highest BCUT2D eigenvalue weighted by Gasteiger charge is 2.25. The van der Waals surface area contributed by atoms with Crippen molar-refractivity contribution in [3.63, 3.8) is 0 Å². The maximum Gasteiger partial charge on any atom is 0.408 e. The molecule has 1 aromatic rings.